The summed E-state index contributed by atoms with van der Waals surface area (Å²) >= 11 is 0. The lowest BCUT2D eigenvalue weighted by atomic mass is 10.2. The van der Waals surface area contributed by atoms with Crippen LogP contribution in [0, 0.1) is 16.0 Å². The molecule has 1 atom stereocenters. The molecular weight excluding hydrogens is 302 g/mol. The smallest absolute Gasteiger partial charge is 0.310 e. The standard InChI is InChI=1S/C15H23N3O5/c1-11(2)15(20)17-8-7-16-9-12(19)10-23-14-6-4-3-5-13(14)18(21)22/h3-6,11-12,16,19H,7-10H2,1-2H3,(H,17,20)/t12-/m1/s1. The van der Waals surface area contributed by atoms with Gasteiger partial charge in [0.15, 0.2) is 5.75 Å². The third kappa shape index (κ3) is 7.07. The average molecular weight is 325 g/mol. The van der Waals surface area contributed by atoms with Gasteiger partial charge in [-0.05, 0) is 6.07 Å². The molecule has 0 aliphatic rings. The van der Waals surface area contributed by atoms with E-state index >= 15 is 0 Å². The van der Waals surface area contributed by atoms with Crippen LogP contribution >= 0.6 is 0 Å². The molecule has 0 unspecified atom stereocenters. The summed E-state index contributed by atoms with van der Waals surface area (Å²) in [6.45, 7) is 4.81. The number of nitro benzene ring substituents is 1. The quantitative estimate of drug-likeness (QED) is 0.331. The van der Waals surface area contributed by atoms with E-state index in [0.29, 0.717) is 13.1 Å². The van der Waals surface area contributed by atoms with Gasteiger partial charge in [-0.3, -0.25) is 14.9 Å². The van der Waals surface area contributed by atoms with Gasteiger partial charge in [-0.2, -0.15) is 0 Å². The zero-order valence-corrected chi connectivity index (χ0v) is 13.3. The van der Waals surface area contributed by atoms with Crippen LogP contribution in [0.1, 0.15) is 13.8 Å². The van der Waals surface area contributed by atoms with Gasteiger partial charge in [0.1, 0.15) is 12.7 Å². The molecule has 0 aliphatic carbocycles. The highest BCUT2D eigenvalue weighted by molar-refractivity contribution is 5.77. The Hall–Kier alpha value is -2.19. The van der Waals surface area contributed by atoms with E-state index in [0.717, 1.165) is 0 Å². The highest BCUT2D eigenvalue weighted by Gasteiger charge is 2.15. The first-order valence-corrected chi connectivity index (χ1v) is 7.44. The fourth-order valence-electron chi connectivity index (χ4n) is 1.72. The maximum Gasteiger partial charge on any atom is 0.310 e. The second kappa shape index (κ2) is 9.75. The minimum atomic E-state index is -0.810. The van der Waals surface area contributed by atoms with E-state index in [9.17, 15) is 20.0 Å². The minimum absolute atomic E-state index is 0.0212. The van der Waals surface area contributed by atoms with Crippen LogP contribution in [0.4, 0.5) is 5.69 Å². The highest BCUT2D eigenvalue weighted by atomic mass is 16.6. The Morgan fingerprint density at radius 3 is 2.70 bits per heavy atom. The van der Waals surface area contributed by atoms with Crippen LogP contribution in [-0.4, -0.2) is 48.3 Å². The van der Waals surface area contributed by atoms with Crippen molar-refractivity contribution in [2.75, 3.05) is 26.2 Å². The van der Waals surface area contributed by atoms with Gasteiger partial charge in [0.25, 0.3) is 0 Å². The fraction of sp³-hybridized carbons (Fsp3) is 0.533. The number of nitro groups is 1. The number of amides is 1. The normalized spacial score (nSPS) is 12.0. The number of aliphatic hydroxyl groups excluding tert-OH is 1. The van der Waals surface area contributed by atoms with Crippen molar-refractivity contribution in [2.24, 2.45) is 5.92 Å². The van der Waals surface area contributed by atoms with Gasteiger partial charge in [0.05, 0.1) is 4.92 Å². The number of carbonyl (C=O) groups excluding carboxylic acids is 1. The Kier molecular flexibility index (Phi) is 8.00. The lowest BCUT2D eigenvalue weighted by molar-refractivity contribution is -0.385. The Bertz CT molecular complexity index is 522. The first kappa shape index (κ1) is 18.9. The fourth-order valence-corrected chi connectivity index (χ4v) is 1.72. The molecule has 1 rings (SSSR count). The summed E-state index contributed by atoms with van der Waals surface area (Å²) in [5.74, 6) is 0.0449. The molecule has 8 nitrogen and oxygen atoms in total. The molecule has 0 saturated carbocycles. The number of benzene rings is 1. The van der Waals surface area contributed by atoms with Crippen LogP contribution in [0.15, 0.2) is 24.3 Å². The van der Waals surface area contributed by atoms with Crippen molar-refractivity contribution in [1.29, 1.82) is 0 Å². The summed E-state index contributed by atoms with van der Waals surface area (Å²) in [6, 6.07) is 6.01. The van der Waals surface area contributed by atoms with E-state index in [1.807, 2.05) is 13.8 Å². The van der Waals surface area contributed by atoms with Gasteiger partial charge in [-0.1, -0.05) is 26.0 Å². The summed E-state index contributed by atoms with van der Waals surface area (Å²) in [4.78, 5) is 21.6. The summed E-state index contributed by atoms with van der Waals surface area (Å²) in [5.41, 5.74) is -0.135. The summed E-state index contributed by atoms with van der Waals surface area (Å²) < 4.78 is 5.29. The lowest BCUT2D eigenvalue weighted by Gasteiger charge is -2.14. The van der Waals surface area contributed by atoms with Gasteiger partial charge in [0.2, 0.25) is 5.91 Å². The number of hydrogen-bond acceptors (Lipinski definition) is 6. The molecule has 3 N–H and O–H groups in total. The number of carbonyl (C=O) groups is 1. The van der Waals surface area contributed by atoms with E-state index in [-0.39, 0.29) is 36.4 Å². The first-order chi connectivity index (χ1) is 10.9. The van der Waals surface area contributed by atoms with Crippen molar-refractivity contribution < 1.29 is 19.6 Å². The van der Waals surface area contributed by atoms with Gasteiger partial charge in [0, 0.05) is 31.6 Å². The Balaban J connectivity index is 2.24. The topological polar surface area (TPSA) is 114 Å². The van der Waals surface area contributed by atoms with Crippen LogP contribution in [0.3, 0.4) is 0 Å². The Labute approximate surface area is 135 Å². The van der Waals surface area contributed by atoms with Gasteiger partial charge < -0.3 is 20.5 Å². The maximum atomic E-state index is 11.3. The predicted molar refractivity (Wildman–Crippen MR) is 85.3 cm³/mol. The molecule has 0 saturated heterocycles. The third-order valence-corrected chi connectivity index (χ3v) is 3.00. The second-order valence-electron chi connectivity index (χ2n) is 5.34. The number of nitrogens with zero attached hydrogens (tertiary/aromatic N) is 1. The number of para-hydroxylation sites is 2. The van der Waals surface area contributed by atoms with Gasteiger partial charge in [-0.15, -0.1) is 0 Å². The highest BCUT2D eigenvalue weighted by Crippen LogP contribution is 2.25. The molecule has 8 heteroatoms. The zero-order valence-electron chi connectivity index (χ0n) is 13.3. The second-order valence-corrected chi connectivity index (χ2v) is 5.34. The predicted octanol–water partition coefficient (Wildman–Crippen LogP) is 0.696. The third-order valence-electron chi connectivity index (χ3n) is 3.00. The summed E-state index contributed by atoms with van der Waals surface area (Å²) in [6.07, 6.45) is -0.810. The van der Waals surface area contributed by atoms with E-state index in [4.69, 9.17) is 4.74 Å². The number of ether oxygens (including phenoxy) is 1. The van der Waals surface area contributed by atoms with Crippen LogP contribution in [0.25, 0.3) is 0 Å². The molecule has 0 aliphatic heterocycles. The Morgan fingerprint density at radius 1 is 1.35 bits per heavy atom. The SMILES string of the molecule is CC(C)C(=O)NCCNC[C@@H](O)COc1ccccc1[N+](=O)[O-]. The molecule has 0 fully saturated rings. The van der Waals surface area contributed by atoms with E-state index < -0.39 is 11.0 Å². The number of hydrogen-bond donors (Lipinski definition) is 3. The minimum Gasteiger partial charge on any atom is -0.484 e. The summed E-state index contributed by atoms with van der Waals surface area (Å²) in [7, 11) is 0. The van der Waals surface area contributed by atoms with Crippen molar-refractivity contribution >= 4 is 11.6 Å². The molecule has 1 aromatic rings. The molecule has 128 valence electrons. The zero-order chi connectivity index (χ0) is 17.2. The Morgan fingerprint density at radius 2 is 2.04 bits per heavy atom. The number of rotatable bonds is 10. The van der Waals surface area contributed by atoms with Crippen LogP contribution in [0.5, 0.6) is 5.75 Å². The van der Waals surface area contributed by atoms with Crippen molar-refractivity contribution in [3.63, 3.8) is 0 Å². The lowest BCUT2D eigenvalue weighted by Crippen LogP contribution is -2.38. The molecule has 0 radical (unpaired) electrons. The molecule has 0 bridgehead atoms. The molecular formula is C15H23N3O5. The van der Waals surface area contributed by atoms with Gasteiger partial charge >= 0.3 is 5.69 Å². The van der Waals surface area contributed by atoms with Crippen molar-refractivity contribution in [1.82, 2.24) is 10.6 Å². The molecule has 1 amide bonds. The van der Waals surface area contributed by atoms with Crippen LogP contribution in [-0.2, 0) is 4.79 Å². The van der Waals surface area contributed by atoms with Crippen molar-refractivity contribution in [3.05, 3.63) is 34.4 Å². The van der Waals surface area contributed by atoms with Crippen LogP contribution < -0.4 is 15.4 Å². The van der Waals surface area contributed by atoms with Crippen molar-refractivity contribution in [2.45, 2.75) is 20.0 Å². The van der Waals surface area contributed by atoms with Gasteiger partial charge in [-0.25, -0.2) is 0 Å². The molecule has 0 spiro atoms. The monoisotopic (exact) mass is 325 g/mol. The molecule has 1 aromatic carbocycles. The number of nitrogens with one attached hydrogen (secondary N) is 2. The van der Waals surface area contributed by atoms with E-state index in [1.54, 1.807) is 12.1 Å². The summed E-state index contributed by atoms with van der Waals surface area (Å²) in [5, 5.41) is 26.3. The average Bonchev–Trinajstić information content (AvgIpc) is 2.52. The van der Waals surface area contributed by atoms with E-state index in [2.05, 4.69) is 10.6 Å². The first-order valence-electron chi connectivity index (χ1n) is 7.44. The van der Waals surface area contributed by atoms with Crippen molar-refractivity contribution in [3.8, 4) is 5.75 Å². The van der Waals surface area contributed by atoms with Crippen LogP contribution in [0.2, 0.25) is 0 Å². The van der Waals surface area contributed by atoms with E-state index in [1.165, 1.54) is 12.1 Å². The molecule has 23 heavy (non-hydrogen) atoms. The number of aliphatic hydroxyl groups is 1. The largest absolute Gasteiger partial charge is 0.484 e. The molecule has 0 aromatic heterocycles. The molecule has 0 heterocycles. The maximum absolute atomic E-state index is 11.3.